The van der Waals surface area contributed by atoms with E-state index in [0.29, 0.717) is 30.5 Å². The van der Waals surface area contributed by atoms with Crippen molar-refractivity contribution in [1.29, 1.82) is 0 Å². The van der Waals surface area contributed by atoms with Gasteiger partial charge in [0.1, 0.15) is 0 Å². The van der Waals surface area contributed by atoms with Crippen molar-refractivity contribution in [3.05, 3.63) is 65.4 Å². The van der Waals surface area contributed by atoms with Gasteiger partial charge in [-0.05, 0) is 67.4 Å². The van der Waals surface area contributed by atoms with Crippen LogP contribution >= 0.6 is 0 Å². The number of ether oxygens (including phenoxy) is 4. The van der Waals surface area contributed by atoms with Crippen LogP contribution in [0.1, 0.15) is 23.6 Å². The highest BCUT2D eigenvalue weighted by molar-refractivity contribution is 5.84. The minimum Gasteiger partial charge on any atom is -0.493 e. The van der Waals surface area contributed by atoms with Crippen LogP contribution in [0, 0.1) is 0 Å². The fourth-order valence-corrected chi connectivity index (χ4v) is 4.04. The van der Waals surface area contributed by atoms with Crippen LogP contribution in [-0.4, -0.2) is 70.3 Å². The summed E-state index contributed by atoms with van der Waals surface area (Å²) in [5.41, 5.74) is 3.09. The van der Waals surface area contributed by atoms with Gasteiger partial charge in [0, 0.05) is 25.3 Å². The molecule has 188 valence electrons. The lowest BCUT2D eigenvalue weighted by molar-refractivity contribution is -0.127. The third-order valence-electron chi connectivity index (χ3n) is 6.34. The second-order valence-corrected chi connectivity index (χ2v) is 8.60. The number of hydrogen-bond donors (Lipinski definition) is 0. The largest absolute Gasteiger partial charge is 0.493 e. The number of carbonyl (C=O) groups excluding carboxylic acids is 1. The maximum Gasteiger partial charge on any atom is 0.231 e. The Kier molecular flexibility index (Phi) is 9.20. The Hall–Kier alpha value is -3.45. The maximum absolute atomic E-state index is 12.8. The Bertz CT molecular complexity index is 1080. The summed E-state index contributed by atoms with van der Waals surface area (Å²) in [6.07, 6.45) is 9.15. The smallest absolute Gasteiger partial charge is 0.231 e. The van der Waals surface area contributed by atoms with Crippen LogP contribution in [-0.2, 0) is 17.6 Å². The van der Waals surface area contributed by atoms with Crippen LogP contribution in [0.15, 0.2) is 48.7 Å². The molecule has 1 amide bonds. The van der Waals surface area contributed by atoms with Crippen molar-refractivity contribution in [2.24, 2.45) is 0 Å². The normalized spacial score (nSPS) is 14.1. The number of carbonyl (C=O) groups is 1. The van der Waals surface area contributed by atoms with Crippen molar-refractivity contribution >= 4 is 12.0 Å². The Balaban J connectivity index is 1.55. The van der Waals surface area contributed by atoms with Crippen LogP contribution in [0.2, 0.25) is 0 Å². The van der Waals surface area contributed by atoms with Crippen molar-refractivity contribution < 1.29 is 23.7 Å². The zero-order chi connectivity index (χ0) is 25.4. The van der Waals surface area contributed by atoms with E-state index in [9.17, 15) is 4.79 Å². The summed E-state index contributed by atoms with van der Waals surface area (Å²) in [7, 11) is 8.60. The van der Waals surface area contributed by atoms with E-state index >= 15 is 0 Å². The van der Waals surface area contributed by atoms with Crippen molar-refractivity contribution in [3.63, 3.8) is 0 Å². The molecule has 0 aliphatic carbocycles. The maximum atomic E-state index is 12.8. The first kappa shape index (κ1) is 26.2. The third kappa shape index (κ3) is 6.57. The Morgan fingerprint density at radius 1 is 0.943 bits per heavy atom. The molecule has 0 fully saturated rings. The molecule has 2 aromatic rings. The zero-order valence-corrected chi connectivity index (χ0v) is 21.5. The minimum atomic E-state index is 0.0482. The number of fused-ring (bicyclic) bond motifs is 1. The summed E-state index contributed by atoms with van der Waals surface area (Å²) in [6, 6.07) is 10.2. The summed E-state index contributed by atoms with van der Waals surface area (Å²) in [6.45, 7) is 3.51. The van der Waals surface area contributed by atoms with Crippen LogP contribution in [0.3, 0.4) is 0 Å². The summed E-state index contributed by atoms with van der Waals surface area (Å²) in [5, 5.41) is 0. The molecule has 1 heterocycles. The van der Waals surface area contributed by atoms with E-state index in [0.717, 1.165) is 35.6 Å². The summed E-state index contributed by atoms with van der Waals surface area (Å²) >= 11 is 0. The highest BCUT2D eigenvalue weighted by Crippen LogP contribution is 2.33. The Morgan fingerprint density at radius 2 is 1.60 bits per heavy atom. The summed E-state index contributed by atoms with van der Waals surface area (Å²) in [4.78, 5) is 16.8. The van der Waals surface area contributed by atoms with Crippen molar-refractivity contribution in [2.45, 2.75) is 25.8 Å². The number of nitrogens with zero attached hydrogens (tertiary/aromatic N) is 2. The quantitative estimate of drug-likeness (QED) is 0.450. The standard InChI is InChI=1S/C28H36N2O5/c1-20(15-21-9-10-24(32-3)25(16-21)33-4)29(2)12-7-8-13-30-14-11-22-17-26(34-5)27(35-6)18-23(22)19-28(30)31/h7-11,14,16-18,20H,12-13,15,19H2,1-6H3/t20-/m1/s1. The van der Waals surface area contributed by atoms with Gasteiger partial charge in [-0.3, -0.25) is 9.69 Å². The number of benzene rings is 2. The second kappa shape index (κ2) is 12.3. The van der Waals surface area contributed by atoms with E-state index in [1.165, 1.54) is 5.56 Å². The van der Waals surface area contributed by atoms with Gasteiger partial charge < -0.3 is 23.8 Å². The molecule has 35 heavy (non-hydrogen) atoms. The van der Waals surface area contributed by atoms with Gasteiger partial charge in [0.25, 0.3) is 0 Å². The van der Waals surface area contributed by atoms with E-state index in [2.05, 4.69) is 31.0 Å². The molecule has 0 unspecified atom stereocenters. The second-order valence-electron chi connectivity index (χ2n) is 8.60. The van der Waals surface area contributed by atoms with Gasteiger partial charge in [0.05, 0.1) is 34.9 Å². The lowest BCUT2D eigenvalue weighted by atomic mass is 10.0. The molecule has 1 aliphatic heterocycles. The minimum absolute atomic E-state index is 0.0482. The molecule has 7 heteroatoms. The molecule has 0 N–H and O–H groups in total. The predicted molar refractivity (Wildman–Crippen MR) is 138 cm³/mol. The number of hydrogen-bond acceptors (Lipinski definition) is 6. The van der Waals surface area contributed by atoms with Gasteiger partial charge in [0.2, 0.25) is 5.91 Å². The number of amides is 1. The molecule has 1 aliphatic rings. The van der Waals surface area contributed by atoms with E-state index in [1.807, 2.05) is 42.6 Å². The van der Waals surface area contributed by atoms with Crippen LogP contribution < -0.4 is 18.9 Å². The van der Waals surface area contributed by atoms with E-state index in [-0.39, 0.29) is 5.91 Å². The first-order valence-electron chi connectivity index (χ1n) is 11.7. The fraction of sp³-hybridized carbons (Fsp3) is 0.393. The Labute approximate surface area is 208 Å². The molecule has 3 rings (SSSR count). The molecule has 0 spiro atoms. The number of methoxy groups -OCH3 is 4. The van der Waals surface area contributed by atoms with Gasteiger partial charge >= 0.3 is 0 Å². The molecule has 0 saturated heterocycles. The molecular weight excluding hydrogens is 444 g/mol. The lowest BCUT2D eigenvalue weighted by Crippen LogP contribution is -2.31. The monoisotopic (exact) mass is 480 g/mol. The molecule has 0 radical (unpaired) electrons. The molecule has 0 bridgehead atoms. The molecule has 0 saturated carbocycles. The van der Waals surface area contributed by atoms with Crippen molar-refractivity contribution in [3.8, 4) is 23.0 Å². The predicted octanol–water partition coefficient (Wildman–Crippen LogP) is 4.20. The van der Waals surface area contributed by atoms with Gasteiger partial charge in [-0.15, -0.1) is 0 Å². The van der Waals surface area contributed by atoms with Crippen molar-refractivity contribution in [2.75, 3.05) is 48.6 Å². The van der Waals surface area contributed by atoms with E-state index in [4.69, 9.17) is 18.9 Å². The zero-order valence-electron chi connectivity index (χ0n) is 21.5. The molecule has 0 aromatic heterocycles. The number of rotatable bonds is 11. The van der Waals surface area contributed by atoms with E-state index in [1.54, 1.807) is 33.3 Å². The highest BCUT2D eigenvalue weighted by atomic mass is 16.5. The molecular formula is C28H36N2O5. The van der Waals surface area contributed by atoms with Gasteiger partial charge in [-0.25, -0.2) is 0 Å². The average molecular weight is 481 g/mol. The number of likely N-dealkylation sites (N-methyl/N-ethyl adjacent to an activating group) is 1. The Morgan fingerprint density at radius 3 is 2.29 bits per heavy atom. The summed E-state index contributed by atoms with van der Waals surface area (Å²) in [5.74, 6) is 2.81. The first-order chi connectivity index (χ1) is 16.9. The van der Waals surface area contributed by atoms with Crippen molar-refractivity contribution in [1.82, 2.24) is 9.80 Å². The van der Waals surface area contributed by atoms with E-state index < -0.39 is 0 Å². The molecule has 2 aromatic carbocycles. The third-order valence-corrected chi connectivity index (χ3v) is 6.34. The van der Waals surface area contributed by atoms with Crippen LogP contribution in [0.5, 0.6) is 23.0 Å². The lowest BCUT2D eigenvalue weighted by Gasteiger charge is -2.24. The fourth-order valence-electron chi connectivity index (χ4n) is 4.04. The highest BCUT2D eigenvalue weighted by Gasteiger charge is 2.19. The van der Waals surface area contributed by atoms with Crippen LogP contribution in [0.25, 0.3) is 6.08 Å². The topological polar surface area (TPSA) is 60.5 Å². The molecule has 7 nitrogen and oxygen atoms in total. The van der Waals surface area contributed by atoms with Gasteiger partial charge in [0.15, 0.2) is 23.0 Å². The van der Waals surface area contributed by atoms with Gasteiger partial charge in [-0.2, -0.15) is 0 Å². The van der Waals surface area contributed by atoms with Crippen LogP contribution in [0.4, 0.5) is 0 Å². The average Bonchev–Trinajstić information content (AvgIpc) is 3.02. The first-order valence-corrected chi connectivity index (χ1v) is 11.7. The van der Waals surface area contributed by atoms with Gasteiger partial charge in [-0.1, -0.05) is 18.2 Å². The summed E-state index contributed by atoms with van der Waals surface area (Å²) < 4.78 is 21.5. The SMILES string of the molecule is COc1ccc(C[C@@H](C)N(C)CC=CCN2C=Cc3cc(OC)c(OC)cc3CC2=O)cc1OC. The molecule has 1 atom stereocenters.